The minimum atomic E-state index is -1.47. The van der Waals surface area contributed by atoms with Gasteiger partial charge in [-0.1, -0.05) is 6.07 Å². The number of aryl methyl sites for hydroxylation is 2. The van der Waals surface area contributed by atoms with Crippen molar-refractivity contribution in [1.82, 2.24) is 5.32 Å². The van der Waals surface area contributed by atoms with Gasteiger partial charge in [0.1, 0.15) is 6.04 Å². The summed E-state index contributed by atoms with van der Waals surface area (Å²) in [4.78, 5) is 33.0. The first-order valence-electron chi connectivity index (χ1n) is 5.88. The maximum atomic E-state index is 11.7. The summed E-state index contributed by atoms with van der Waals surface area (Å²) in [6, 6.07) is 3.13. The molecule has 0 aliphatic carbocycles. The van der Waals surface area contributed by atoms with Crippen LogP contribution in [0.2, 0.25) is 0 Å². The Hall–Kier alpha value is -2.57. The molecule has 4 N–H and O–H groups in total. The minimum absolute atomic E-state index is 0.513. The first kappa shape index (κ1) is 15.5. The number of carbonyl (C=O) groups excluding carboxylic acids is 1. The number of benzene rings is 1. The number of amides is 2. The normalized spacial score (nSPS) is 11.5. The molecule has 0 saturated carbocycles. The van der Waals surface area contributed by atoms with Gasteiger partial charge in [-0.25, -0.2) is 9.59 Å². The Balaban J connectivity index is 2.70. The number of carboxylic acids is 2. The lowest BCUT2D eigenvalue weighted by Crippen LogP contribution is -2.44. The molecular weight excluding hydrogens is 264 g/mol. The van der Waals surface area contributed by atoms with E-state index in [1.54, 1.807) is 12.1 Å². The van der Waals surface area contributed by atoms with Gasteiger partial charge in [0, 0.05) is 5.69 Å². The Morgan fingerprint density at radius 3 is 2.10 bits per heavy atom. The van der Waals surface area contributed by atoms with E-state index in [1.165, 1.54) is 0 Å². The number of urea groups is 1. The average molecular weight is 280 g/mol. The van der Waals surface area contributed by atoms with E-state index in [0.29, 0.717) is 5.69 Å². The second-order valence-corrected chi connectivity index (χ2v) is 4.46. The summed E-state index contributed by atoms with van der Waals surface area (Å²) in [7, 11) is 0. The first-order chi connectivity index (χ1) is 9.27. The zero-order valence-electron chi connectivity index (χ0n) is 11.1. The van der Waals surface area contributed by atoms with E-state index in [9.17, 15) is 14.4 Å². The fraction of sp³-hybridized carbons (Fsp3) is 0.308. The van der Waals surface area contributed by atoms with Gasteiger partial charge in [-0.3, -0.25) is 4.79 Å². The highest BCUT2D eigenvalue weighted by atomic mass is 16.4. The van der Waals surface area contributed by atoms with Gasteiger partial charge < -0.3 is 20.8 Å². The van der Waals surface area contributed by atoms with Gasteiger partial charge in [-0.2, -0.15) is 0 Å². The lowest BCUT2D eigenvalue weighted by molar-refractivity contribution is -0.145. The van der Waals surface area contributed by atoms with Gasteiger partial charge in [0.25, 0.3) is 0 Å². The zero-order valence-corrected chi connectivity index (χ0v) is 11.1. The second kappa shape index (κ2) is 6.55. The molecule has 20 heavy (non-hydrogen) atoms. The molecule has 0 radical (unpaired) electrons. The third-order valence-electron chi connectivity index (χ3n) is 2.46. The van der Waals surface area contributed by atoms with Gasteiger partial charge >= 0.3 is 18.0 Å². The zero-order chi connectivity index (χ0) is 15.3. The molecule has 0 bridgehead atoms. The number of carboxylic acid groups (broad SMARTS) is 2. The molecule has 0 fully saturated rings. The van der Waals surface area contributed by atoms with Crippen molar-refractivity contribution in [2.24, 2.45) is 0 Å². The van der Waals surface area contributed by atoms with Crippen molar-refractivity contribution in [1.29, 1.82) is 0 Å². The highest BCUT2D eigenvalue weighted by Crippen LogP contribution is 2.13. The van der Waals surface area contributed by atoms with Crippen LogP contribution in [0.5, 0.6) is 0 Å². The van der Waals surface area contributed by atoms with E-state index in [4.69, 9.17) is 10.2 Å². The first-order valence-corrected chi connectivity index (χ1v) is 5.88. The van der Waals surface area contributed by atoms with E-state index in [-0.39, 0.29) is 0 Å². The Labute approximate surface area is 115 Å². The van der Waals surface area contributed by atoms with Gasteiger partial charge in [0.05, 0.1) is 6.42 Å². The summed E-state index contributed by atoms with van der Waals surface area (Å²) < 4.78 is 0. The maximum Gasteiger partial charge on any atom is 0.326 e. The highest BCUT2D eigenvalue weighted by molar-refractivity contribution is 5.93. The molecule has 1 aromatic rings. The lowest BCUT2D eigenvalue weighted by atomic mass is 10.1. The Morgan fingerprint density at radius 2 is 1.65 bits per heavy atom. The summed E-state index contributed by atoms with van der Waals surface area (Å²) in [6.45, 7) is 3.72. The summed E-state index contributed by atoms with van der Waals surface area (Å²) in [5, 5.41) is 22.0. The molecular formula is C13H16N2O5. The number of rotatable bonds is 5. The molecule has 2 amide bonds. The van der Waals surface area contributed by atoms with E-state index in [2.05, 4.69) is 10.6 Å². The summed E-state index contributed by atoms with van der Waals surface area (Å²) >= 11 is 0. The SMILES string of the molecule is Cc1cc(C)cc(NC(=O)N[C@H](CC(=O)O)C(=O)O)c1. The number of anilines is 1. The van der Waals surface area contributed by atoms with Crippen LogP contribution < -0.4 is 10.6 Å². The van der Waals surface area contributed by atoms with Gasteiger partial charge in [0.2, 0.25) is 0 Å². The number of carbonyl (C=O) groups is 3. The largest absolute Gasteiger partial charge is 0.481 e. The average Bonchev–Trinajstić information content (AvgIpc) is 2.25. The van der Waals surface area contributed by atoms with Crippen LogP contribution in [0.3, 0.4) is 0 Å². The number of aliphatic carboxylic acids is 2. The van der Waals surface area contributed by atoms with Crippen molar-refractivity contribution < 1.29 is 24.6 Å². The molecule has 1 atom stereocenters. The van der Waals surface area contributed by atoms with Crippen molar-refractivity contribution in [2.45, 2.75) is 26.3 Å². The monoisotopic (exact) mass is 280 g/mol. The van der Waals surface area contributed by atoms with Crippen molar-refractivity contribution in [3.63, 3.8) is 0 Å². The quantitative estimate of drug-likeness (QED) is 0.649. The van der Waals surface area contributed by atoms with Gasteiger partial charge in [0.15, 0.2) is 0 Å². The molecule has 1 aromatic carbocycles. The van der Waals surface area contributed by atoms with Crippen molar-refractivity contribution >= 4 is 23.7 Å². The van der Waals surface area contributed by atoms with Gasteiger partial charge in [-0.05, 0) is 37.1 Å². The van der Waals surface area contributed by atoms with Crippen LogP contribution in [-0.2, 0) is 9.59 Å². The summed E-state index contributed by atoms with van der Waals surface area (Å²) in [5.74, 6) is -2.70. The van der Waals surface area contributed by atoms with E-state index >= 15 is 0 Å². The van der Waals surface area contributed by atoms with Crippen LogP contribution in [0.25, 0.3) is 0 Å². The highest BCUT2D eigenvalue weighted by Gasteiger charge is 2.22. The summed E-state index contributed by atoms with van der Waals surface area (Å²) in [6.07, 6.45) is -0.685. The smallest absolute Gasteiger partial charge is 0.326 e. The number of nitrogens with one attached hydrogen (secondary N) is 2. The van der Waals surface area contributed by atoms with Gasteiger partial charge in [-0.15, -0.1) is 0 Å². The van der Waals surface area contributed by atoms with Crippen LogP contribution in [-0.4, -0.2) is 34.2 Å². The predicted octanol–water partition coefficient (Wildman–Crippen LogP) is 1.35. The molecule has 108 valence electrons. The molecule has 0 unspecified atom stereocenters. The van der Waals surface area contributed by atoms with E-state index < -0.39 is 30.4 Å². The van der Waals surface area contributed by atoms with Crippen LogP contribution in [0.1, 0.15) is 17.5 Å². The molecule has 0 spiro atoms. The fourth-order valence-electron chi connectivity index (χ4n) is 1.75. The number of hydrogen-bond acceptors (Lipinski definition) is 3. The van der Waals surface area contributed by atoms with Crippen molar-refractivity contribution in [3.8, 4) is 0 Å². The van der Waals surface area contributed by atoms with Crippen LogP contribution >= 0.6 is 0 Å². The Kier molecular flexibility index (Phi) is 5.08. The molecule has 0 saturated heterocycles. The molecule has 1 rings (SSSR count). The van der Waals surface area contributed by atoms with E-state index in [0.717, 1.165) is 11.1 Å². The van der Waals surface area contributed by atoms with E-state index in [1.807, 2.05) is 19.9 Å². The minimum Gasteiger partial charge on any atom is -0.481 e. The predicted molar refractivity (Wildman–Crippen MR) is 71.7 cm³/mol. The van der Waals surface area contributed by atoms with Crippen LogP contribution in [0, 0.1) is 13.8 Å². The van der Waals surface area contributed by atoms with Crippen LogP contribution in [0.4, 0.5) is 10.5 Å². The Morgan fingerprint density at radius 1 is 1.10 bits per heavy atom. The molecule has 0 heterocycles. The Bertz CT molecular complexity index is 521. The standard InChI is InChI=1S/C13H16N2O5/c1-7-3-8(2)5-9(4-7)14-13(20)15-10(12(18)19)6-11(16)17/h3-5,10H,6H2,1-2H3,(H,16,17)(H,18,19)(H2,14,15,20)/t10-/m1/s1. The molecule has 7 nitrogen and oxygen atoms in total. The third-order valence-corrected chi connectivity index (χ3v) is 2.46. The van der Waals surface area contributed by atoms with Crippen LogP contribution in [0.15, 0.2) is 18.2 Å². The molecule has 7 heteroatoms. The second-order valence-electron chi connectivity index (χ2n) is 4.46. The number of hydrogen-bond donors (Lipinski definition) is 4. The third kappa shape index (κ3) is 4.97. The maximum absolute atomic E-state index is 11.7. The molecule has 0 aromatic heterocycles. The topological polar surface area (TPSA) is 116 Å². The molecule has 0 aliphatic heterocycles. The lowest BCUT2D eigenvalue weighted by Gasteiger charge is -2.14. The van der Waals surface area contributed by atoms with Crippen molar-refractivity contribution in [3.05, 3.63) is 29.3 Å². The van der Waals surface area contributed by atoms with Crippen molar-refractivity contribution in [2.75, 3.05) is 5.32 Å². The molecule has 0 aliphatic rings. The summed E-state index contributed by atoms with van der Waals surface area (Å²) in [5.41, 5.74) is 2.40. The fourth-order valence-corrected chi connectivity index (χ4v) is 1.75.